The van der Waals surface area contributed by atoms with Gasteiger partial charge < -0.3 is 4.74 Å². The Morgan fingerprint density at radius 3 is 2.52 bits per heavy atom. The molecule has 2 rings (SSSR count). The van der Waals surface area contributed by atoms with Crippen molar-refractivity contribution in [3.63, 3.8) is 0 Å². The summed E-state index contributed by atoms with van der Waals surface area (Å²) >= 11 is 3.51. The molecule has 0 aliphatic heterocycles. The predicted octanol–water partition coefficient (Wildman–Crippen LogP) is 5.03. The van der Waals surface area contributed by atoms with Gasteiger partial charge in [0.15, 0.2) is 0 Å². The number of hydrogen-bond acceptors (Lipinski definition) is 2. The highest BCUT2D eigenvalue weighted by Crippen LogP contribution is 2.38. The van der Waals surface area contributed by atoms with Gasteiger partial charge in [0.25, 0.3) is 0 Å². The molecule has 0 fully saturated rings. The fraction of sp³-hybridized carbons (Fsp3) is 0.471. The van der Waals surface area contributed by atoms with E-state index in [4.69, 9.17) is 9.84 Å². The van der Waals surface area contributed by atoms with Gasteiger partial charge in [0.2, 0.25) is 0 Å². The lowest BCUT2D eigenvalue weighted by atomic mass is 9.95. The Kier molecular flexibility index (Phi) is 5.09. The molecule has 0 amide bonds. The first-order valence-corrected chi connectivity index (χ1v) is 8.26. The Morgan fingerprint density at radius 2 is 2.00 bits per heavy atom. The summed E-state index contributed by atoms with van der Waals surface area (Å²) in [6.07, 6.45) is 0.951. The summed E-state index contributed by atoms with van der Waals surface area (Å²) in [7, 11) is 1.72. The molecule has 0 aliphatic carbocycles. The topological polar surface area (TPSA) is 27.1 Å². The second kappa shape index (κ2) is 6.65. The molecule has 0 radical (unpaired) electrons. The van der Waals surface area contributed by atoms with Crippen molar-refractivity contribution >= 4 is 15.9 Å². The van der Waals surface area contributed by atoms with Crippen LogP contribution in [-0.4, -0.2) is 16.9 Å². The van der Waals surface area contributed by atoms with E-state index in [0.717, 1.165) is 28.8 Å². The van der Waals surface area contributed by atoms with Gasteiger partial charge in [-0.05, 0) is 37.5 Å². The van der Waals surface area contributed by atoms with Gasteiger partial charge >= 0.3 is 0 Å². The Hall–Kier alpha value is -1.29. The van der Waals surface area contributed by atoms with E-state index in [9.17, 15) is 0 Å². The molecule has 0 unspecified atom stereocenters. The first-order valence-electron chi connectivity index (χ1n) is 7.46. The van der Waals surface area contributed by atoms with E-state index in [1.165, 1.54) is 17.0 Å². The minimum Gasteiger partial charge on any atom is -0.496 e. The van der Waals surface area contributed by atoms with Gasteiger partial charge in [0.05, 0.1) is 18.5 Å². The lowest BCUT2D eigenvalue weighted by molar-refractivity contribution is 0.415. The van der Waals surface area contributed by atoms with Crippen LogP contribution in [0.25, 0.3) is 11.3 Å². The van der Waals surface area contributed by atoms with Gasteiger partial charge in [-0.2, -0.15) is 5.10 Å². The molecule has 21 heavy (non-hydrogen) atoms. The predicted molar refractivity (Wildman–Crippen MR) is 91.1 cm³/mol. The second-order valence-corrected chi connectivity index (χ2v) is 6.29. The molecule has 0 saturated heterocycles. The fourth-order valence-electron chi connectivity index (χ4n) is 2.77. The van der Waals surface area contributed by atoms with Crippen molar-refractivity contribution in [3.05, 3.63) is 33.9 Å². The number of halogens is 1. The van der Waals surface area contributed by atoms with Gasteiger partial charge in [-0.15, -0.1) is 0 Å². The summed E-state index contributed by atoms with van der Waals surface area (Å²) in [6.45, 7) is 9.60. The fourth-order valence-corrected chi connectivity index (χ4v) is 3.11. The van der Waals surface area contributed by atoms with Crippen LogP contribution in [0.1, 0.15) is 44.9 Å². The molecular weight excluding hydrogens is 328 g/mol. The van der Waals surface area contributed by atoms with Gasteiger partial charge in [-0.1, -0.05) is 36.7 Å². The standard InChI is InChI=1S/C17H23BrN2O/c1-6-14-16(11(3)4)17(20(7-2)19-14)13-9-8-12(18)10-15(13)21-5/h8-11H,6-7H2,1-5H3. The number of nitrogens with zero attached hydrogens (tertiary/aromatic N) is 2. The number of hydrogen-bond donors (Lipinski definition) is 0. The van der Waals surface area contributed by atoms with Crippen LogP contribution >= 0.6 is 15.9 Å². The van der Waals surface area contributed by atoms with E-state index >= 15 is 0 Å². The van der Waals surface area contributed by atoms with Crippen molar-refractivity contribution in [2.24, 2.45) is 0 Å². The molecule has 0 aliphatic rings. The largest absolute Gasteiger partial charge is 0.496 e. The van der Waals surface area contributed by atoms with E-state index in [-0.39, 0.29) is 0 Å². The van der Waals surface area contributed by atoms with Crippen molar-refractivity contribution in [1.82, 2.24) is 9.78 Å². The van der Waals surface area contributed by atoms with E-state index in [1.807, 2.05) is 6.07 Å². The number of aryl methyl sites for hydroxylation is 2. The molecular formula is C17H23BrN2O. The van der Waals surface area contributed by atoms with E-state index in [2.05, 4.69) is 60.4 Å². The molecule has 1 aromatic carbocycles. The highest BCUT2D eigenvalue weighted by Gasteiger charge is 2.22. The van der Waals surface area contributed by atoms with E-state index in [0.29, 0.717) is 5.92 Å². The summed E-state index contributed by atoms with van der Waals surface area (Å²) in [5, 5.41) is 4.79. The van der Waals surface area contributed by atoms with Crippen molar-refractivity contribution in [1.29, 1.82) is 0 Å². The first kappa shape index (κ1) is 16.1. The highest BCUT2D eigenvalue weighted by molar-refractivity contribution is 9.10. The summed E-state index contributed by atoms with van der Waals surface area (Å²) < 4.78 is 8.70. The zero-order valence-electron chi connectivity index (χ0n) is 13.4. The van der Waals surface area contributed by atoms with Crippen LogP contribution in [0.15, 0.2) is 22.7 Å². The third-order valence-electron chi connectivity index (χ3n) is 3.70. The summed E-state index contributed by atoms with van der Waals surface area (Å²) in [5.41, 5.74) is 4.82. The van der Waals surface area contributed by atoms with Gasteiger partial charge in [-0.25, -0.2) is 0 Å². The Morgan fingerprint density at radius 1 is 1.29 bits per heavy atom. The molecule has 114 valence electrons. The van der Waals surface area contributed by atoms with Crippen molar-refractivity contribution in [2.75, 3.05) is 7.11 Å². The lowest BCUT2D eigenvalue weighted by Crippen LogP contribution is -2.02. The minimum absolute atomic E-state index is 0.434. The zero-order valence-corrected chi connectivity index (χ0v) is 15.0. The quantitative estimate of drug-likeness (QED) is 0.756. The minimum atomic E-state index is 0.434. The summed E-state index contributed by atoms with van der Waals surface area (Å²) in [6, 6.07) is 6.18. The van der Waals surface area contributed by atoms with E-state index in [1.54, 1.807) is 7.11 Å². The molecule has 0 N–H and O–H groups in total. The van der Waals surface area contributed by atoms with Crippen molar-refractivity contribution < 1.29 is 4.74 Å². The number of ether oxygens (including phenoxy) is 1. The van der Waals surface area contributed by atoms with Crippen LogP contribution in [0.3, 0.4) is 0 Å². The Balaban J connectivity index is 2.75. The van der Waals surface area contributed by atoms with Crippen LogP contribution in [0.4, 0.5) is 0 Å². The summed E-state index contributed by atoms with van der Waals surface area (Å²) in [4.78, 5) is 0. The van der Waals surface area contributed by atoms with Crippen LogP contribution in [0.5, 0.6) is 5.75 Å². The average molecular weight is 351 g/mol. The first-order chi connectivity index (χ1) is 10.0. The Bertz CT molecular complexity index is 632. The maximum atomic E-state index is 5.59. The average Bonchev–Trinajstić information content (AvgIpc) is 2.85. The summed E-state index contributed by atoms with van der Waals surface area (Å²) in [5.74, 6) is 1.31. The third kappa shape index (κ3) is 3.00. The highest BCUT2D eigenvalue weighted by atomic mass is 79.9. The van der Waals surface area contributed by atoms with Gasteiger partial charge in [-0.3, -0.25) is 4.68 Å². The van der Waals surface area contributed by atoms with Crippen molar-refractivity contribution in [3.8, 4) is 17.0 Å². The van der Waals surface area contributed by atoms with Crippen LogP contribution < -0.4 is 4.74 Å². The SMILES string of the molecule is CCc1nn(CC)c(-c2ccc(Br)cc2OC)c1C(C)C. The van der Waals surface area contributed by atoms with Gasteiger partial charge in [0.1, 0.15) is 5.75 Å². The third-order valence-corrected chi connectivity index (χ3v) is 4.19. The molecule has 0 saturated carbocycles. The molecule has 0 bridgehead atoms. The lowest BCUT2D eigenvalue weighted by Gasteiger charge is -2.14. The van der Waals surface area contributed by atoms with Gasteiger partial charge in [0, 0.05) is 22.1 Å². The molecule has 1 aromatic heterocycles. The monoisotopic (exact) mass is 350 g/mol. The molecule has 4 heteroatoms. The Labute approximate surface area is 135 Å². The van der Waals surface area contributed by atoms with Crippen LogP contribution in [-0.2, 0) is 13.0 Å². The normalized spacial score (nSPS) is 11.2. The maximum Gasteiger partial charge on any atom is 0.129 e. The van der Waals surface area contributed by atoms with E-state index < -0.39 is 0 Å². The zero-order chi connectivity index (χ0) is 15.6. The number of aromatic nitrogens is 2. The number of methoxy groups -OCH3 is 1. The molecule has 1 heterocycles. The van der Waals surface area contributed by atoms with Crippen LogP contribution in [0.2, 0.25) is 0 Å². The smallest absolute Gasteiger partial charge is 0.129 e. The molecule has 2 aromatic rings. The van der Waals surface area contributed by atoms with Crippen LogP contribution in [0, 0.1) is 0 Å². The maximum absolute atomic E-state index is 5.59. The second-order valence-electron chi connectivity index (χ2n) is 5.38. The molecule has 0 atom stereocenters. The number of rotatable bonds is 5. The number of benzene rings is 1. The van der Waals surface area contributed by atoms with Crippen molar-refractivity contribution in [2.45, 2.75) is 46.6 Å². The molecule has 3 nitrogen and oxygen atoms in total. The molecule has 0 spiro atoms.